The first-order valence-electron chi connectivity index (χ1n) is 11.5. The van der Waals surface area contributed by atoms with Crippen molar-refractivity contribution in [2.45, 2.75) is 12.8 Å². The Hall–Kier alpha value is -4.24. The van der Waals surface area contributed by atoms with Gasteiger partial charge in [0.05, 0.1) is 17.2 Å². The van der Waals surface area contributed by atoms with E-state index in [-0.39, 0.29) is 11.3 Å². The van der Waals surface area contributed by atoms with Crippen LogP contribution in [-0.4, -0.2) is 32.3 Å². The first-order valence-corrected chi connectivity index (χ1v) is 13.1. The van der Waals surface area contributed by atoms with Crippen molar-refractivity contribution in [3.05, 3.63) is 112 Å². The van der Waals surface area contributed by atoms with Crippen molar-refractivity contribution >= 4 is 38.3 Å². The van der Waals surface area contributed by atoms with Crippen LogP contribution >= 0.6 is 0 Å². The average molecular weight is 502 g/mol. The van der Waals surface area contributed by atoms with E-state index in [1.165, 1.54) is 10.4 Å². The van der Waals surface area contributed by atoms with E-state index in [9.17, 15) is 18.0 Å². The molecule has 0 aliphatic carbocycles. The highest BCUT2D eigenvalue weighted by Gasteiger charge is 2.26. The lowest BCUT2D eigenvalue weighted by atomic mass is 10.0. The molecule has 1 aromatic heterocycles. The van der Waals surface area contributed by atoms with E-state index >= 15 is 0 Å². The number of para-hydroxylation sites is 1. The monoisotopic (exact) mass is 501 g/mol. The van der Waals surface area contributed by atoms with Gasteiger partial charge in [-0.1, -0.05) is 60.7 Å². The molecule has 0 bridgehead atoms. The lowest BCUT2D eigenvalue weighted by Crippen LogP contribution is -2.37. The summed E-state index contributed by atoms with van der Waals surface area (Å²) in [5.41, 5.74) is 4.41. The number of nitrogens with one attached hydrogen (secondary N) is 1. The van der Waals surface area contributed by atoms with Crippen LogP contribution in [-0.2, 0) is 10.0 Å². The first-order chi connectivity index (χ1) is 17.4. The third-order valence-electron chi connectivity index (χ3n) is 5.98. The minimum atomic E-state index is -3.33. The summed E-state index contributed by atoms with van der Waals surface area (Å²) >= 11 is 0. The van der Waals surface area contributed by atoms with Gasteiger partial charge in [-0.05, 0) is 37.1 Å². The van der Waals surface area contributed by atoms with Gasteiger partial charge in [0.1, 0.15) is 11.1 Å². The Balaban J connectivity index is 1.47. The Kier molecular flexibility index (Phi) is 6.39. The third kappa shape index (κ3) is 4.78. The molecule has 0 spiro atoms. The van der Waals surface area contributed by atoms with Gasteiger partial charge in [-0.15, -0.1) is 0 Å². The molecule has 9 heteroatoms. The maximum absolute atomic E-state index is 12.9. The molecule has 8 nitrogen and oxygen atoms in total. The summed E-state index contributed by atoms with van der Waals surface area (Å²) in [4.78, 5) is 25.2. The highest BCUT2D eigenvalue weighted by molar-refractivity contribution is 7.92. The maximum Gasteiger partial charge on any atom is 0.349 e. The van der Waals surface area contributed by atoms with E-state index in [4.69, 9.17) is 4.42 Å². The molecule has 36 heavy (non-hydrogen) atoms. The fourth-order valence-corrected chi connectivity index (χ4v) is 5.78. The fraction of sp³-hybridized carbons (Fsp3) is 0.148. The lowest BCUT2D eigenvalue weighted by molar-refractivity contribution is 0.0951. The Labute approximate surface area is 207 Å². The molecular formula is C27H23N3O5S. The van der Waals surface area contributed by atoms with E-state index in [1.807, 2.05) is 30.3 Å². The lowest BCUT2D eigenvalue weighted by Gasteiger charge is -2.28. The zero-order valence-electron chi connectivity index (χ0n) is 19.3. The zero-order chi connectivity index (χ0) is 25.1. The molecule has 5 rings (SSSR count). The number of nitrogens with zero attached hydrogens (tertiary/aromatic N) is 2. The Morgan fingerprint density at radius 1 is 0.889 bits per heavy atom. The molecule has 1 fully saturated rings. The molecule has 0 atom stereocenters. The minimum absolute atomic E-state index is 0.139. The van der Waals surface area contributed by atoms with Gasteiger partial charge in [0.2, 0.25) is 10.0 Å². The van der Waals surface area contributed by atoms with Gasteiger partial charge in [-0.2, -0.15) is 5.10 Å². The second-order valence-electron chi connectivity index (χ2n) is 8.39. The SMILES string of the molecule is O=C(N/N=C(\c1ccccc1)c1ccc(N2CCCCS2(=O)=O)cc1)c1cc2ccccc2oc1=O. The number of hydrazone groups is 1. The Morgan fingerprint density at radius 3 is 2.33 bits per heavy atom. The Bertz CT molecular complexity index is 1610. The summed E-state index contributed by atoms with van der Waals surface area (Å²) in [5, 5.41) is 4.96. The van der Waals surface area contributed by atoms with Gasteiger partial charge in [0.25, 0.3) is 5.91 Å². The van der Waals surface area contributed by atoms with Crippen LogP contribution in [0.3, 0.4) is 0 Å². The van der Waals surface area contributed by atoms with Crippen LogP contribution in [0.1, 0.15) is 34.3 Å². The van der Waals surface area contributed by atoms with Crippen molar-refractivity contribution in [3.63, 3.8) is 0 Å². The topological polar surface area (TPSA) is 109 Å². The Morgan fingerprint density at radius 2 is 1.58 bits per heavy atom. The van der Waals surface area contributed by atoms with E-state index in [1.54, 1.807) is 48.5 Å². The highest BCUT2D eigenvalue weighted by Crippen LogP contribution is 2.24. The first kappa shape index (κ1) is 23.5. The summed E-state index contributed by atoms with van der Waals surface area (Å²) in [6, 6.07) is 24.7. The van der Waals surface area contributed by atoms with Crippen molar-refractivity contribution in [2.75, 3.05) is 16.6 Å². The fourth-order valence-electron chi connectivity index (χ4n) is 4.14. The molecule has 1 aliphatic heterocycles. The van der Waals surface area contributed by atoms with Gasteiger partial charge >= 0.3 is 5.63 Å². The number of sulfonamides is 1. The van der Waals surface area contributed by atoms with E-state index < -0.39 is 21.6 Å². The molecule has 2 heterocycles. The molecule has 1 saturated heterocycles. The molecule has 3 aromatic carbocycles. The third-order valence-corrected chi connectivity index (χ3v) is 7.85. The number of hydrogen-bond donors (Lipinski definition) is 1. The molecule has 0 saturated carbocycles. The summed E-state index contributed by atoms with van der Waals surface area (Å²) < 4.78 is 31.6. The van der Waals surface area contributed by atoms with Crippen LogP contribution in [0, 0.1) is 0 Å². The number of hydrogen-bond acceptors (Lipinski definition) is 6. The molecule has 0 unspecified atom stereocenters. The van der Waals surface area contributed by atoms with Crippen LogP contribution < -0.4 is 15.4 Å². The average Bonchev–Trinajstić information content (AvgIpc) is 2.89. The van der Waals surface area contributed by atoms with E-state index in [0.29, 0.717) is 40.9 Å². The van der Waals surface area contributed by atoms with Crippen molar-refractivity contribution in [2.24, 2.45) is 5.10 Å². The number of benzene rings is 3. The molecule has 1 aliphatic rings. The van der Waals surface area contributed by atoms with Crippen LogP contribution in [0.2, 0.25) is 0 Å². The predicted octanol–water partition coefficient (Wildman–Crippen LogP) is 3.91. The van der Waals surface area contributed by atoms with Crippen molar-refractivity contribution in [3.8, 4) is 0 Å². The van der Waals surface area contributed by atoms with E-state index in [0.717, 1.165) is 12.0 Å². The minimum Gasteiger partial charge on any atom is -0.422 e. The van der Waals surface area contributed by atoms with Crippen LogP contribution in [0.25, 0.3) is 11.0 Å². The van der Waals surface area contributed by atoms with Crippen LogP contribution in [0.5, 0.6) is 0 Å². The summed E-state index contributed by atoms with van der Waals surface area (Å²) in [5.74, 6) is -0.556. The number of carbonyl (C=O) groups excluding carboxylic acids is 1. The van der Waals surface area contributed by atoms with Crippen LogP contribution in [0.4, 0.5) is 5.69 Å². The molecule has 1 N–H and O–H groups in total. The van der Waals surface area contributed by atoms with Crippen molar-refractivity contribution in [1.82, 2.24) is 5.43 Å². The van der Waals surface area contributed by atoms with Gasteiger partial charge in [-0.25, -0.2) is 18.6 Å². The summed E-state index contributed by atoms with van der Waals surface area (Å²) in [7, 11) is -3.33. The number of carbonyl (C=O) groups is 1. The van der Waals surface area contributed by atoms with Gasteiger partial charge in [0.15, 0.2) is 0 Å². The van der Waals surface area contributed by atoms with Gasteiger partial charge in [0, 0.05) is 23.1 Å². The number of fused-ring (bicyclic) bond motifs is 1. The molecule has 1 amide bonds. The maximum atomic E-state index is 12.9. The standard InChI is InChI=1S/C27H23N3O5S/c31-26(23-18-21-10-4-5-11-24(21)35-27(23)32)29-28-25(19-8-2-1-3-9-19)20-12-14-22(15-13-20)30-16-6-7-17-36(30,33)34/h1-5,8-15,18H,6-7,16-17H2,(H,29,31)/b28-25+. The highest BCUT2D eigenvalue weighted by atomic mass is 32.2. The smallest absolute Gasteiger partial charge is 0.349 e. The van der Waals surface area contributed by atoms with Gasteiger partial charge in [-0.3, -0.25) is 9.10 Å². The molecule has 4 aromatic rings. The quantitative estimate of drug-likeness (QED) is 0.253. The largest absolute Gasteiger partial charge is 0.422 e. The second-order valence-corrected chi connectivity index (χ2v) is 10.4. The molecular weight excluding hydrogens is 478 g/mol. The number of anilines is 1. The molecule has 182 valence electrons. The zero-order valence-corrected chi connectivity index (χ0v) is 20.1. The van der Waals surface area contributed by atoms with Crippen molar-refractivity contribution in [1.29, 1.82) is 0 Å². The number of rotatable bonds is 5. The van der Waals surface area contributed by atoms with Gasteiger partial charge < -0.3 is 4.42 Å². The van der Waals surface area contributed by atoms with E-state index in [2.05, 4.69) is 10.5 Å². The molecule has 0 radical (unpaired) electrons. The summed E-state index contributed by atoms with van der Waals surface area (Å²) in [6.45, 7) is 0.450. The summed E-state index contributed by atoms with van der Waals surface area (Å²) in [6.07, 6.45) is 1.48. The van der Waals surface area contributed by atoms with Crippen molar-refractivity contribution < 1.29 is 17.6 Å². The normalized spacial score (nSPS) is 15.6. The predicted molar refractivity (Wildman–Crippen MR) is 139 cm³/mol. The number of amides is 1. The van der Waals surface area contributed by atoms with Crippen LogP contribution in [0.15, 0.2) is 99.2 Å². The second kappa shape index (κ2) is 9.79.